The fraction of sp³-hybridized carbons (Fsp3) is 0.706. The van der Waals surface area contributed by atoms with Crippen LogP contribution in [0, 0.1) is 5.41 Å². The molecule has 1 saturated heterocycles. The third kappa shape index (κ3) is 3.49. The van der Waals surface area contributed by atoms with Crippen LogP contribution >= 0.6 is 0 Å². The van der Waals surface area contributed by atoms with Gasteiger partial charge in [0, 0.05) is 5.41 Å². The molecule has 2 aliphatic rings. The number of fused-ring (bicyclic) bond motifs is 1. The summed E-state index contributed by atoms with van der Waals surface area (Å²) in [4.78, 5) is 37.9. The normalized spacial score (nSPS) is 24.7. The molecule has 2 heterocycles. The number of hydrogen-bond donors (Lipinski definition) is 1. The maximum atomic E-state index is 12.8. The second-order valence-electron chi connectivity index (χ2n) is 7.64. The molecule has 1 unspecified atom stereocenters. The van der Waals surface area contributed by atoms with Crippen molar-refractivity contribution in [3.63, 3.8) is 0 Å². The van der Waals surface area contributed by atoms with Crippen molar-refractivity contribution in [1.82, 2.24) is 10.2 Å². The monoisotopic (exact) mass is 386 g/mol. The number of nitrogens with one attached hydrogen (secondary N) is 1. The summed E-state index contributed by atoms with van der Waals surface area (Å²) in [5.41, 5.74) is -0.598. The predicted molar refractivity (Wildman–Crippen MR) is 94.5 cm³/mol. The molecule has 8 nitrogen and oxygen atoms in total. The first-order valence-electron chi connectivity index (χ1n) is 8.66. The van der Waals surface area contributed by atoms with Crippen molar-refractivity contribution in [2.75, 3.05) is 6.61 Å². The van der Waals surface area contributed by atoms with Gasteiger partial charge in [0.2, 0.25) is 5.91 Å². The molecule has 0 spiro atoms. The SMILES string of the molecule is CCCCOC(=O)NC1C(C)=C(C(=O)C(C)(C)C)N2C(=O)C[C@H]2S1(=O)=O. The maximum absolute atomic E-state index is 12.8. The van der Waals surface area contributed by atoms with E-state index in [1.807, 2.05) is 6.92 Å². The third-order valence-electron chi connectivity index (χ3n) is 4.50. The van der Waals surface area contributed by atoms with E-state index in [0.717, 1.165) is 11.3 Å². The number of carbonyl (C=O) groups is 3. The van der Waals surface area contributed by atoms with Crippen LogP contribution in [0.4, 0.5) is 4.79 Å². The summed E-state index contributed by atoms with van der Waals surface area (Å²) in [6.07, 6.45) is 0.447. The minimum atomic E-state index is -3.90. The molecule has 1 N–H and O–H groups in total. The van der Waals surface area contributed by atoms with Gasteiger partial charge >= 0.3 is 6.09 Å². The number of unbranched alkanes of at least 4 members (excludes halogenated alkanes) is 1. The van der Waals surface area contributed by atoms with Crippen LogP contribution in [-0.4, -0.2) is 48.5 Å². The molecule has 2 atom stereocenters. The Morgan fingerprint density at radius 1 is 1.31 bits per heavy atom. The molecule has 2 aliphatic heterocycles. The molecule has 0 aliphatic carbocycles. The summed E-state index contributed by atoms with van der Waals surface area (Å²) >= 11 is 0. The average Bonchev–Trinajstić information content (AvgIpc) is 2.52. The summed E-state index contributed by atoms with van der Waals surface area (Å²) in [6.45, 7) is 8.65. The van der Waals surface area contributed by atoms with E-state index in [4.69, 9.17) is 4.74 Å². The first-order chi connectivity index (χ1) is 11.9. The van der Waals surface area contributed by atoms with Gasteiger partial charge in [0.05, 0.1) is 18.7 Å². The van der Waals surface area contributed by atoms with Crippen molar-refractivity contribution in [3.05, 3.63) is 11.3 Å². The zero-order chi connectivity index (χ0) is 19.9. The second-order valence-corrected chi connectivity index (χ2v) is 9.83. The number of amides is 2. The smallest absolute Gasteiger partial charge is 0.408 e. The van der Waals surface area contributed by atoms with Gasteiger partial charge in [-0.15, -0.1) is 0 Å². The number of nitrogens with zero attached hydrogens (tertiary/aromatic N) is 1. The fourth-order valence-electron chi connectivity index (χ4n) is 2.93. The Hall–Kier alpha value is -1.90. The molecular formula is C17H26N2O6S. The van der Waals surface area contributed by atoms with Crippen LogP contribution in [0.15, 0.2) is 11.3 Å². The highest BCUT2D eigenvalue weighted by atomic mass is 32.2. The molecular weight excluding hydrogens is 360 g/mol. The lowest BCUT2D eigenvalue weighted by molar-refractivity contribution is -0.143. The lowest BCUT2D eigenvalue weighted by atomic mass is 9.86. The summed E-state index contributed by atoms with van der Waals surface area (Å²) in [6, 6.07) is 0. The van der Waals surface area contributed by atoms with E-state index >= 15 is 0 Å². The summed E-state index contributed by atoms with van der Waals surface area (Å²) in [7, 11) is -3.90. The molecule has 2 amide bonds. The van der Waals surface area contributed by atoms with E-state index in [-0.39, 0.29) is 30.1 Å². The first kappa shape index (κ1) is 20.4. The van der Waals surface area contributed by atoms with Gasteiger partial charge in [-0.2, -0.15) is 0 Å². The van der Waals surface area contributed by atoms with E-state index < -0.39 is 38.0 Å². The van der Waals surface area contributed by atoms with Gasteiger partial charge in [-0.05, 0) is 18.9 Å². The van der Waals surface area contributed by atoms with Gasteiger partial charge in [-0.25, -0.2) is 13.2 Å². The predicted octanol–water partition coefficient (Wildman–Crippen LogP) is 1.71. The van der Waals surface area contributed by atoms with Crippen LogP contribution in [0.1, 0.15) is 53.9 Å². The zero-order valence-corrected chi connectivity index (χ0v) is 16.6. The van der Waals surface area contributed by atoms with Crippen molar-refractivity contribution >= 4 is 27.6 Å². The number of carbonyl (C=O) groups excluding carboxylic acids is 3. The largest absolute Gasteiger partial charge is 0.450 e. The molecule has 0 bridgehead atoms. The minimum absolute atomic E-state index is 0.0624. The first-order valence-corrected chi connectivity index (χ1v) is 10.3. The van der Waals surface area contributed by atoms with Crippen molar-refractivity contribution in [2.45, 2.75) is 64.6 Å². The quantitative estimate of drug-likeness (QED) is 0.569. The second kappa shape index (κ2) is 7.02. The maximum Gasteiger partial charge on any atom is 0.408 e. The number of alkyl carbamates (subject to hydrolysis) is 1. The molecule has 2 rings (SSSR count). The van der Waals surface area contributed by atoms with Crippen LogP contribution in [-0.2, 0) is 24.2 Å². The van der Waals surface area contributed by atoms with Gasteiger partial charge in [0.15, 0.2) is 21.0 Å². The number of ketones is 1. The van der Waals surface area contributed by atoms with Crippen LogP contribution < -0.4 is 5.32 Å². The van der Waals surface area contributed by atoms with E-state index in [2.05, 4.69) is 5.32 Å². The lowest BCUT2D eigenvalue weighted by Crippen LogP contribution is -2.65. The molecule has 0 aromatic carbocycles. The fourth-order valence-corrected chi connectivity index (χ4v) is 5.00. The Morgan fingerprint density at radius 3 is 2.42 bits per heavy atom. The standard InChI is InChI=1S/C17H26N2O6S/c1-6-7-8-25-16(22)18-15-10(2)13(14(21)17(3,4)5)19-11(20)9-12(19)26(15,23)24/h12,15H,6-9H2,1-5H3,(H,18,22)/t12-,15?/m1/s1. The summed E-state index contributed by atoms with van der Waals surface area (Å²) in [5, 5.41) is -0.150. The topological polar surface area (TPSA) is 110 Å². The Bertz CT molecular complexity index is 763. The van der Waals surface area contributed by atoms with Gasteiger partial charge in [-0.1, -0.05) is 34.1 Å². The molecule has 1 fully saturated rings. The molecule has 0 aromatic rings. The number of β-lactam (4-membered cyclic amide) rings is 1. The molecule has 9 heteroatoms. The van der Waals surface area contributed by atoms with Crippen molar-refractivity contribution in [3.8, 4) is 0 Å². The van der Waals surface area contributed by atoms with Crippen molar-refractivity contribution < 1.29 is 27.5 Å². The highest BCUT2D eigenvalue weighted by Crippen LogP contribution is 2.41. The third-order valence-corrected chi connectivity index (χ3v) is 6.76. The van der Waals surface area contributed by atoms with Gasteiger partial charge in [0.25, 0.3) is 0 Å². The molecule has 0 saturated carbocycles. The number of rotatable bonds is 5. The highest BCUT2D eigenvalue weighted by molar-refractivity contribution is 7.93. The number of hydrogen-bond acceptors (Lipinski definition) is 6. The summed E-state index contributed by atoms with van der Waals surface area (Å²) < 4.78 is 30.6. The lowest BCUT2D eigenvalue weighted by Gasteiger charge is -2.47. The molecule has 26 heavy (non-hydrogen) atoms. The Balaban J connectivity index is 2.40. The number of Topliss-reactive ketones (excluding diaryl/α,β-unsaturated/α-hetero) is 1. The number of ether oxygens (including phenoxy) is 1. The zero-order valence-electron chi connectivity index (χ0n) is 15.8. The van der Waals surface area contributed by atoms with E-state index in [9.17, 15) is 22.8 Å². The molecule has 146 valence electrons. The van der Waals surface area contributed by atoms with Crippen molar-refractivity contribution in [1.29, 1.82) is 0 Å². The molecule has 0 aromatic heterocycles. The minimum Gasteiger partial charge on any atom is -0.450 e. The van der Waals surface area contributed by atoms with Crippen LogP contribution in [0.3, 0.4) is 0 Å². The molecule has 0 radical (unpaired) electrons. The Kier molecular flexibility index (Phi) is 5.51. The van der Waals surface area contributed by atoms with Gasteiger partial charge < -0.3 is 10.1 Å². The number of allylic oxidation sites excluding steroid dienone is 1. The number of sulfone groups is 1. The van der Waals surface area contributed by atoms with Crippen LogP contribution in [0.25, 0.3) is 0 Å². The Labute approximate surface area is 153 Å². The van der Waals surface area contributed by atoms with Gasteiger partial charge in [-0.3, -0.25) is 14.5 Å². The Morgan fingerprint density at radius 2 is 1.92 bits per heavy atom. The highest BCUT2D eigenvalue weighted by Gasteiger charge is 2.57. The van der Waals surface area contributed by atoms with Gasteiger partial charge in [0.1, 0.15) is 5.37 Å². The van der Waals surface area contributed by atoms with Crippen LogP contribution in [0.2, 0.25) is 0 Å². The van der Waals surface area contributed by atoms with Crippen molar-refractivity contribution in [2.24, 2.45) is 5.41 Å². The van der Waals surface area contributed by atoms with Crippen LogP contribution in [0.5, 0.6) is 0 Å². The van der Waals surface area contributed by atoms with E-state index in [1.165, 1.54) is 6.92 Å². The van der Waals surface area contributed by atoms with E-state index in [0.29, 0.717) is 6.42 Å². The summed E-state index contributed by atoms with van der Waals surface area (Å²) in [5.74, 6) is -0.747. The van der Waals surface area contributed by atoms with E-state index in [1.54, 1.807) is 20.8 Å². The average molecular weight is 386 g/mol.